The molecule has 1 aliphatic rings. The summed E-state index contributed by atoms with van der Waals surface area (Å²) >= 11 is 3.43. The first kappa shape index (κ1) is 12.4. The normalized spacial score (nSPS) is 19.6. The number of nitrogens with zero attached hydrogens (tertiary/aromatic N) is 1. The maximum Gasteiger partial charge on any atom is 0.253 e. The van der Waals surface area contributed by atoms with Crippen LogP contribution in [0.3, 0.4) is 0 Å². The van der Waals surface area contributed by atoms with Gasteiger partial charge in [-0.15, -0.1) is 0 Å². The fourth-order valence-corrected chi connectivity index (χ4v) is 2.88. The van der Waals surface area contributed by atoms with Crippen molar-refractivity contribution in [2.45, 2.75) is 12.8 Å². The van der Waals surface area contributed by atoms with E-state index in [0.717, 1.165) is 31.3 Å². The van der Waals surface area contributed by atoms with E-state index in [2.05, 4.69) is 15.9 Å². The van der Waals surface area contributed by atoms with Crippen molar-refractivity contribution < 1.29 is 9.90 Å². The Labute approximate surface area is 110 Å². The predicted octanol–water partition coefficient (Wildman–Crippen LogP) is 2.64. The van der Waals surface area contributed by atoms with Crippen LogP contribution in [0.5, 0.6) is 5.75 Å². The van der Waals surface area contributed by atoms with Gasteiger partial charge in [-0.2, -0.15) is 0 Å². The summed E-state index contributed by atoms with van der Waals surface area (Å²) in [6.45, 7) is 1.66. The lowest BCUT2D eigenvalue weighted by Gasteiger charge is -2.16. The van der Waals surface area contributed by atoms with Gasteiger partial charge in [0.25, 0.3) is 5.91 Å². The minimum atomic E-state index is 0.0259. The predicted molar refractivity (Wildman–Crippen MR) is 70.5 cm³/mol. The van der Waals surface area contributed by atoms with Crippen LogP contribution in [0.2, 0.25) is 0 Å². The molecule has 4 heteroatoms. The Hall–Kier alpha value is -1.03. The van der Waals surface area contributed by atoms with Crippen LogP contribution in [0.15, 0.2) is 24.3 Å². The Bertz CT molecular complexity index is 408. The second-order valence-corrected chi connectivity index (χ2v) is 5.23. The summed E-state index contributed by atoms with van der Waals surface area (Å²) in [5, 5.41) is 10.4. The molecule has 2 rings (SSSR count). The largest absolute Gasteiger partial charge is 0.508 e. The lowest BCUT2D eigenvalue weighted by molar-refractivity contribution is 0.0786. The Morgan fingerprint density at radius 2 is 2.35 bits per heavy atom. The number of hydrogen-bond donors (Lipinski definition) is 1. The van der Waals surface area contributed by atoms with Crippen LogP contribution in [-0.4, -0.2) is 34.3 Å². The maximum atomic E-state index is 12.2. The molecule has 1 fully saturated rings. The van der Waals surface area contributed by atoms with Crippen molar-refractivity contribution in [2.24, 2.45) is 5.92 Å². The number of phenolic OH excluding ortho intramolecular Hbond substituents is 1. The summed E-state index contributed by atoms with van der Waals surface area (Å²) in [4.78, 5) is 14.0. The summed E-state index contributed by atoms with van der Waals surface area (Å²) in [6.07, 6.45) is 2.19. The number of hydrogen-bond acceptors (Lipinski definition) is 2. The van der Waals surface area contributed by atoms with E-state index in [1.807, 2.05) is 4.90 Å². The van der Waals surface area contributed by atoms with Gasteiger partial charge in [0.15, 0.2) is 0 Å². The molecule has 1 atom stereocenters. The van der Waals surface area contributed by atoms with Crippen molar-refractivity contribution in [3.05, 3.63) is 29.8 Å². The minimum Gasteiger partial charge on any atom is -0.508 e. The van der Waals surface area contributed by atoms with Crippen LogP contribution >= 0.6 is 15.9 Å². The second kappa shape index (κ2) is 5.54. The van der Waals surface area contributed by atoms with Gasteiger partial charge >= 0.3 is 0 Å². The van der Waals surface area contributed by atoms with E-state index in [0.29, 0.717) is 11.5 Å². The number of alkyl halides is 1. The standard InChI is InChI=1S/C13H16BrNO2/c14-6-4-10-5-7-15(9-10)13(17)11-2-1-3-12(16)8-11/h1-3,8,10,16H,4-7,9H2. The Balaban J connectivity index is 2.02. The van der Waals surface area contributed by atoms with Crippen molar-refractivity contribution in [3.63, 3.8) is 0 Å². The summed E-state index contributed by atoms with van der Waals surface area (Å²) in [7, 11) is 0. The molecule has 0 spiro atoms. The van der Waals surface area contributed by atoms with E-state index in [9.17, 15) is 9.90 Å². The molecule has 92 valence electrons. The Kier molecular flexibility index (Phi) is 4.05. The molecule has 17 heavy (non-hydrogen) atoms. The van der Waals surface area contributed by atoms with E-state index in [4.69, 9.17) is 0 Å². The summed E-state index contributed by atoms with van der Waals surface area (Å²) < 4.78 is 0. The third-order valence-corrected chi connectivity index (χ3v) is 3.64. The fourth-order valence-electron chi connectivity index (χ4n) is 2.23. The van der Waals surface area contributed by atoms with Gasteiger partial charge in [0.2, 0.25) is 0 Å². The van der Waals surface area contributed by atoms with Gasteiger partial charge in [0.1, 0.15) is 5.75 Å². The van der Waals surface area contributed by atoms with E-state index in [-0.39, 0.29) is 11.7 Å². The summed E-state index contributed by atoms with van der Waals surface area (Å²) in [5.74, 6) is 0.778. The van der Waals surface area contributed by atoms with Gasteiger partial charge in [-0.25, -0.2) is 0 Å². The molecule has 0 aromatic heterocycles. The average Bonchev–Trinajstić information content (AvgIpc) is 2.77. The molecule has 1 saturated heterocycles. The first-order valence-corrected chi connectivity index (χ1v) is 6.97. The number of benzene rings is 1. The topological polar surface area (TPSA) is 40.5 Å². The zero-order valence-corrected chi connectivity index (χ0v) is 11.2. The van der Waals surface area contributed by atoms with Crippen LogP contribution in [0.25, 0.3) is 0 Å². The number of rotatable bonds is 3. The molecular weight excluding hydrogens is 282 g/mol. The average molecular weight is 298 g/mol. The van der Waals surface area contributed by atoms with Gasteiger partial charge in [-0.05, 0) is 37.0 Å². The highest BCUT2D eigenvalue weighted by atomic mass is 79.9. The quantitative estimate of drug-likeness (QED) is 0.872. The fraction of sp³-hybridized carbons (Fsp3) is 0.462. The number of aromatic hydroxyl groups is 1. The number of carbonyl (C=O) groups is 1. The molecule has 1 N–H and O–H groups in total. The highest BCUT2D eigenvalue weighted by molar-refractivity contribution is 9.09. The molecule has 1 amide bonds. The van der Waals surface area contributed by atoms with Gasteiger partial charge in [-0.1, -0.05) is 22.0 Å². The first-order valence-electron chi connectivity index (χ1n) is 5.85. The number of carbonyl (C=O) groups excluding carboxylic acids is 1. The molecule has 0 radical (unpaired) electrons. The van der Waals surface area contributed by atoms with E-state index < -0.39 is 0 Å². The molecule has 0 aliphatic carbocycles. The van der Waals surface area contributed by atoms with E-state index in [1.54, 1.807) is 18.2 Å². The van der Waals surface area contributed by atoms with Crippen LogP contribution in [-0.2, 0) is 0 Å². The van der Waals surface area contributed by atoms with Crippen molar-refractivity contribution in [1.82, 2.24) is 4.90 Å². The van der Waals surface area contributed by atoms with Crippen LogP contribution in [0, 0.1) is 5.92 Å². The summed E-state index contributed by atoms with van der Waals surface area (Å²) in [5.41, 5.74) is 0.574. The van der Waals surface area contributed by atoms with Gasteiger partial charge in [0.05, 0.1) is 0 Å². The third-order valence-electron chi connectivity index (χ3n) is 3.18. The number of halogens is 1. The smallest absolute Gasteiger partial charge is 0.253 e. The maximum absolute atomic E-state index is 12.2. The van der Waals surface area contributed by atoms with Crippen LogP contribution in [0.4, 0.5) is 0 Å². The van der Waals surface area contributed by atoms with Crippen molar-refractivity contribution in [1.29, 1.82) is 0 Å². The lowest BCUT2D eigenvalue weighted by Crippen LogP contribution is -2.28. The SMILES string of the molecule is O=C(c1cccc(O)c1)N1CCC(CCBr)C1. The Morgan fingerprint density at radius 3 is 3.06 bits per heavy atom. The number of likely N-dealkylation sites (tertiary alicyclic amines) is 1. The zero-order valence-electron chi connectivity index (χ0n) is 9.60. The molecule has 1 aromatic carbocycles. The van der Waals surface area contributed by atoms with Crippen LogP contribution < -0.4 is 0 Å². The highest BCUT2D eigenvalue weighted by Gasteiger charge is 2.26. The number of phenols is 1. The van der Waals surface area contributed by atoms with Gasteiger partial charge in [0, 0.05) is 24.0 Å². The van der Waals surface area contributed by atoms with Crippen molar-refractivity contribution in [3.8, 4) is 5.75 Å². The van der Waals surface area contributed by atoms with Crippen molar-refractivity contribution in [2.75, 3.05) is 18.4 Å². The van der Waals surface area contributed by atoms with E-state index in [1.165, 1.54) is 6.07 Å². The molecule has 0 saturated carbocycles. The molecule has 1 unspecified atom stereocenters. The third kappa shape index (κ3) is 3.00. The molecular formula is C13H16BrNO2. The molecule has 3 nitrogen and oxygen atoms in total. The Morgan fingerprint density at radius 1 is 1.53 bits per heavy atom. The monoisotopic (exact) mass is 297 g/mol. The summed E-state index contributed by atoms with van der Waals surface area (Å²) in [6, 6.07) is 6.56. The molecule has 1 aromatic rings. The van der Waals surface area contributed by atoms with Crippen LogP contribution in [0.1, 0.15) is 23.2 Å². The minimum absolute atomic E-state index is 0.0259. The van der Waals surface area contributed by atoms with Gasteiger partial charge < -0.3 is 10.0 Å². The highest BCUT2D eigenvalue weighted by Crippen LogP contribution is 2.23. The number of amides is 1. The second-order valence-electron chi connectivity index (χ2n) is 4.43. The van der Waals surface area contributed by atoms with Gasteiger partial charge in [-0.3, -0.25) is 4.79 Å². The first-order chi connectivity index (χ1) is 8.20. The molecule has 1 heterocycles. The zero-order chi connectivity index (χ0) is 12.3. The lowest BCUT2D eigenvalue weighted by atomic mass is 10.1. The van der Waals surface area contributed by atoms with E-state index >= 15 is 0 Å². The van der Waals surface area contributed by atoms with Crippen molar-refractivity contribution >= 4 is 21.8 Å². The molecule has 1 aliphatic heterocycles. The molecule has 0 bridgehead atoms.